The van der Waals surface area contributed by atoms with Crippen LogP contribution in [0.25, 0.3) is 38.5 Å². The second-order valence-electron chi connectivity index (χ2n) is 5.56. The monoisotopic (exact) mass is 312 g/mol. The molecule has 0 atom stereocenters. The molecule has 5 aromatic rings. The summed E-state index contributed by atoms with van der Waals surface area (Å²) in [7, 11) is 0. The van der Waals surface area contributed by atoms with Crippen LogP contribution in [0.2, 0.25) is 0 Å². The highest BCUT2D eigenvalue weighted by molar-refractivity contribution is 6.10. The topological polar surface area (TPSA) is 82.5 Å². The fourth-order valence-corrected chi connectivity index (χ4v) is 3.12. The number of anilines is 1. The van der Waals surface area contributed by atoms with Crippen LogP contribution < -0.4 is 5.73 Å². The van der Waals surface area contributed by atoms with E-state index in [0.717, 1.165) is 27.4 Å². The maximum absolute atomic E-state index is 5.91. The normalized spacial score (nSPS) is 11.5. The average molecular weight is 312 g/mol. The van der Waals surface area contributed by atoms with Crippen molar-refractivity contribution < 1.29 is 0 Å². The summed E-state index contributed by atoms with van der Waals surface area (Å²) in [6, 6.07) is 14.2. The van der Waals surface area contributed by atoms with Gasteiger partial charge in [-0.1, -0.05) is 30.3 Å². The molecule has 24 heavy (non-hydrogen) atoms. The molecule has 2 N–H and O–H groups in total. The predicted octanol–water partition coefficient (Wildman–Crippen LogP) is 3.10. The lowest BCUT2D eigenvalue weighted by Gasteiger charge is -2.10. The molecule has 6 heteroatoms. The van der Waals surface area contributed by atoms with Crippen molar-refractivity contribution in [3.63, 3.8) is 0 Å². The third-order valence-corrected chi connectivity index (χ3v) is 4.21. The number of benzene rings is 2. The lowest BCUT2D eigenvalue weighted by atomic mass is 10.1. The van der Waals surface area contributed by atoms with Gasteiger partial charge in [0.05, 0.1) is 11.2 Å². The smallest absolute Gasteiger partial charge is 0.170 e. The van der Waals surface area contributed by atoms with E-state index >= 15 is 0 Å². The van der Waals surface area contributed by atoms with Crippen LogP contribution in [-0.2, 0) is 0 Å². The van der Waals surface area contributed by atoms with Gasteiger partial charge < -0.3 is 5.73 Å². The zero-order valence-electron chi connectivity index (χ0n) is 12.6. The maximum atomic E-state index is 5.91. The fourth-order valence-electron chi connectivity index (χ4n) is 3.12. The van der Waals surface area contributed by atoms with E-state index in [1.807, 2.05) is 41.1 Å². The lowest BCUT2D eigenvalue weighted by molar-refractivity contribution is 1.07. The minimum atomic E-state index is 0.377. The highest BCUT2D eigenvalue weighted by Crippen LogP contribution is 2.30. The Hall–Kier alpha value is -3.54. The van der Waals surface area contributed by atoms with E-state index in [4.69, 9.17) is 5.73 Å². The van der Waals surface area contributed by atoms with Gasteiger partial charge in [0.15, 0.2) is 17.0 Å². The van der Waals surface area contributed by atoms with E-state index in [9.17, 15) is 0 Å². The molecule has 0 bridgehead atoms. The summed E-state index contributed by atoms with van der Waals surface area (Å²) < 4.78 is 1.93. The molecule has 2 aromatic carbocycles. The highest BCUT2D eigenvalue weighted by atomic mass is 15.1. The first-order chi connectivity index (χ1) is 11.8. The van der Waals surface area contributed by atoms with Gasteiger partial charge in [0, 0.05) is 17.0 Å². The SMILES string of the molecule is Nc1ncnc2c1ncn2-c1cccc2ncc3ccccc3c12. The number of aromatic nitrogens is 5. The van der Waals surface area contributed by atoms with E-state index in [1.165, 1.54) is 6.33 Å². The molecule has 0 aliphatic heterocycles. The molecule has 0 saturated heterocycles. The number of nitrogens with two attached hydrogens (primary N) is 1. The molecule has 5 rings (SSSR count). The van der Waals surface area contributed by atoms with Crippen LogP contribution in [-0.4, -0.2) is 24.5 Å². The number of nitrogen functional groups attached to an aromatic ring is 1. The number of hydrogen-bond donors (Lipinski definition) is 1. The molecule has 6 nitrogen and oxygen atoms in total. The minimum absolute atomic E-state index is 0.377. The summed E-state index contributed by atoms with van der Waals surface area (Å²) >= 11 is 0. The number of pyridine rings is 1. The zero-order chi connectivity index (χ0) is 16.1. The summed E-state index contributed by atoms with van der Waals surface area (Å²) in [6.07, 6.45) is 5.08. The molecule has 3 heterocycles. The summed E-state index contributed by atoms with van der Waals surface area (Å²) in [5, 5.41) is 3.30. The summed E-state index contributed by atoms with van der Waals surface area (Å²) in [6.45, 7) is 0. The van der Waals surface area contributed by atoms with Gasteiger partial charge in [-0.25, -0.2) is 15.0 Å². The number of imidazole rings is 1. The molecule has 3 aromatic heterocycles. The Morgan fingerprint density at radius 2 is 1.79 bits per heavy atom. The second-order valence-corrected chi connectivity index (χ2v) is 5.56. The summed E-state index contributed by atoms with van der Waals surface area (Å²) in [4.78, 5) is 17.3. The van der Waals surface area contributed by atoms with Crippen molar-refractivity contribution in [2.45, 2.75) is 0 Å². The van der Waals surface area contributed by atoms with Gasteiger partial charge in [-0.15, -0.1) is 0 Å². The van der Waals surface area contributed by atoms with E-state index < -0.39 is 0 Å². The van der Waals surface area contributed by atoms with Gasteiger partial charge in [0.25, 0.3) is 0 Å². The molecule has 0 amide bonds. The van der Waals surface area contributed by atoms with Crippen molar-refractivity contribution in [1.29, 1.82) is 0 Å². The number of rotatable bonds is 1. The molecular weight excluding hydrogens is 300 g/mol. The van der Waals surface area contributed by atoms with Crippen LogP contribution in [0.1, 0.15) is 0 Å². The first kappa shape index (κ1) is 13.0. The molecule has 0 spiro atoms. The molecule has 0 saturated carbocycles. The van der Waals surface area contributed by atoms with Gasteiger partial charge in [0.2, 0.25) is 0 Å². The Morgan fingerprint density at radius 3 is 2.75 bits per heavy atom. The van der Waals surface area contributed by atoms with E-state index in [2.05, 4.69) is 32.1 Å². The largest absolute Gasteiger partial charge is 0.382 e. The summed E-state index contributed by atoms with van der Waals surface area (Å²) in [5.74, 6) is 0.377. The molecule has 0 aliphatic carbocycles. The Morgan fingerprint density at radius 1 is 0.875 bits per heavy atom. The first-order valence-corrected chi connectivity index (χ1v) is 7.53. The molecule has 0 aliphatic rings. The van der Waals surface area contributed by atoms with Crippen LogP contribution in [0.3, 0.4) is 0 Å². The van der Waals surface area contributed by atoms with Crippen LogP contribution in [0.5, 0.6) is 0 Å². The van der Waals surface area contributed by atoms with E-state index in [1.54, 1.807) is 6.33 Å². The molecule has 114 valence electrons. The van der Waals surface area contributed by atoms with E-state index in [-0.39, 0.29) is 0 Å². The van der Waals surface area contributed by atoms with Gasteiger partial charge in [-0.2, -0.15) is 0 Å². The van der Waals surface area contributed by atoms with Crippen molar-refractivity contribution in [2.24, 2.45) is 0 Å². The van der Waals surface area contributed by atoms with Gasteiger partial charge in [-0.05, 0) is 17.5 Å². The quantitative estimate of drug-likeness (QED) is 0.481. The van der Waals surface area contributed by atoms with Crippen molar-refractivity contribution >= 4 is 38.7 Å². The molecule has 0 radical (unpaired) electrons. The zero-order valence-corrected chi connectivity index (χ0v) is 12.6. The molecule has 0 unspecified atom stereocenters. The predicted molar refractivity (Wildman–Crippen MR) is 93.9 cm³/mol. The van der Waals surface area contributed by atoms with Crippen molar-refractivity contribution in [3.05, 3.63) is 61.3 Å². The maximum Gasteiger partial charge on any atom is 0.170 e. The Labute approximate surface area is 136 Å². The molecular formula is C18H12N6. The van der Waals surface area contributed by atoms with Crippen molar-refractivity contribution in [2.75, 3.05) is 5.73 Å². The first-order valence-electron chi connectivity index (χ1n) is 7.53. The van der Waals surface area contributed by atoms with Gasteiger partial charge in [-0.3, -0.25) is 9.55 Å². The minimum Gasteiger partial charge on any atom is -0.382 e. The summed E-state index contributed by atoms with van der Waals surface area (Å²) in [5.41, 5.74) is 9.09. The van der Waals surface area contributed by atoms with Crippen LogP contribution in [0.15, 0.2) is 61.3 Å². The average Bonchev–Trinajstić information content (AvgIpc) is 3.06. The van der Waals surface area contributed by atoms with Crippen molar-refractivity contribution in [3.8, 4) is 5.69 Å². The highest BCUT2D eigenvalue weighted by Gasteiger charge is 2.13. The lowest BCUT2D eigenvalue weighted by Crippen LogP contribution is -1.98. The Kier molecular flexibility index (Phi) is 2.55. The fraction of sp³-hybridized carbons (Fsp3) is 0. The Balaban J connectivity index is 1.96. The van der Waals surface area contributed by atoms with Crippen LogP contribution >= 0.6 is 0 Å². The van der Waals surface area contributed by atoms with Gasteiger partial charge >= 0.3 is 0 Å². The van der Waals surface area contributed by atoms with Gasteiger partial charge in [0.1, 0.15) is 12.7 Å². The van der Waals surface area contributed by atoms with Crippen LogP contribution in [0, 0.1) is 0 Å². The van der Waals surface area contributed by atoms with E-state index in [0.29, 0.717) is 17.0 Å². The third kappa shape index (κ3) is 1.70. The molecule has 0 fully saturated rings. The number of hydrogen-bond acceptors (Lipinski definition) is 5. The van der Waals surface area contributed by atoms with Crippen molar-refractivity contribution in [1.82, 2.24) is 24.5 Å². The standard InChI is InChI=1S/C18H12N6/c19-17-16-18(22-9-21-17)24(10-23-16)14-7-3-6-13-15(14)12-5-2-1-4-11(12)8-20-13/h1-10H,(H2,19,21,22). The second kappa shape index (κ2) is 4.73. The Bertz CT molecular complexity index is 1220. The van der Waals surface area contributed by atoms with Crippen LogP contribution in [0.4, 0.5) is 5.82 Å². The number of nitrogens with zero attached hydrogens (tertiary/aromatic N) is 5. The number of fused-ring (bicyclic) bond motifs is 4. The third-order valence-electron chi connectivity index (χ3n) is 4.21.